The molecule has 276 valence electrons. The van der Waals surface area contributed by atoms with Gasteiger partial charge in [0.2, 0.25) is 6.79 Å². The number of carboxylic acids is 2. The molecule has 3 aromatic rings. The summed E-state index contributed by atoms with van der Waals surface area (Å²) in [5, 5.41) is 16.4. The van der Waals surface area contributed by atoms with E-state index in [0.717, 1.165) is 46.6 Å². The number of unbranched alkanes of at least 4 members (excludes halogenated alkanes) is 1. The first-order valence-corrected chi connectivity index (χ1v) is 17.8. The number of aromatic nitrogens is 4. The van der Waals surface area contributed by atoms with Gasteiger partial charge in [0.1, 0.15) is 12.4 Å². The lowest BCUT2D eigenvalue weighted by Crippen LogP contribution is -2.46. The molecule has 0 saturated carbocycles. The lowest BCUT2D eigenvalue weighted by Gasteiger charge is -2.33. The monoisotopic (exact) mass is 792 g/mol. The van der Waals surface area contributed by atoms with Crippen LogP contribution in [0.25, 0.3) is 11.2 Å². The number of halogens is 1. The smallest absolute Gasteiger partial charge is 0.328 e. The van der Waals surface area contributed by atoms with E-state index in [9.17, 15) is 19.2 Å². The topological polar surface area (TPSA) is 261 Å². The van der Waals surface area contributed by atoms with Gasteiger partial charge in [-0.05, 0) is 79.6 Å². The summed E-state index contributed by atoms with van der Waals surface area (Å²) in [4.78, 5) is 60.5. The Kier molecular flexibility index (Phi) is 14.4. The number of benzene rings is 1. The number of fused-ring (bicyclic) bond motifs is 2. The molecular formula is C32H41BrN8O9S. The first-order chi connectivity index (χ1) is 24.4. The number of ether oxygens (including phenoxy) is 3. The fourth-order valence-electron chi connectivity index (χ4n) is 5.38. The highest BCUT2D eigenvalue weighted by Gasteiger charge is 2.30. The zero-order valence-electron chi connectivity index (χ0n) is 27.9. The van der Waals surface area contributed by atoms with Crippen molar-refractivity contribution in [2.24, 2.45) is 17.4 Å². The van der Waals surface area contributed by atoms with Crippen molar-refractivity contribution in [2.75, 3.05) is 32.2 Å². The van der Waals surface area contributed by atoms with Crippen LogP contribution < -0.4 is 26.7 Å². The van der Waals surface area contributed by atoms with Crippen LogP contribution in [0.5, 0.6) is 11.5 Å². The molecule has 0 aliphatic carbocycles. The van der Waals surface area contributed by atoms with Crippen LogP contribution in [0.15, 0.2) is 45.1 Å². The van der Waals surface area contributed by atoms with Crippen LogP contribution in [0, 0.1) is 5.92 Å². The second kappa shape index (κ2) is 18.7. The van der Waals surface area contributed by atoms with Crippen LogP contribution in [0.2, 0.25) is 0 Å². The fraction of sp³-hybridized carbons (Fsp3) is 0.469. The molecule has 1 amide bonds. The Hall–Kier alpha value is -4.46. The van der Waals surface area contributed by atoms with E-state index in [1.165, 1.54) is 18.1 Å². The minimum absolute atomic E-state index is 0.193. The van der Waals surface area contributed by atoms with Gasteiger partial charge >= 0.3 is 17.9 Å². The number of hydrogen-bond donors (Lipinski definition) is 5. The molecule has 2 aromatic heterocycles. The Morgan fingerprint density at radius 2 is 1.76 bits per heavy atom. The van der Waals surface area contributed by atoms with Crippen LogP contribution in [-0.2, 0) is 30.5 Å². The minimum Gasteiger partial charge on any atom is -0.478 e. The summed E-state index contributed by atoms with van der Waals surface area (Å²) in [6, 6.07) is 3.07. The molecular weight excluding hydrogens is 752 g/mol. The third-order valence-corrected chi connectivity index (χ3v) is 10.1. The predicted octanol–water partition coefficient (Wildman–Crippen LogP) is 2.78. The third kappa shape index (κ3) is 11.0. The van der Waals surface area contributed by atoms with E-state index >= 15 is 0 Å². The number of likely N-dealkylation sites (tertiary alicyclic amines) is 1. The van der Waals surface area contributed by atoms with E-state index < -0.39 is 30.1 Å². The summed E-state index contributed by atoms with van der Waals surface area (Å²) in [6.45, 7) is 4.21. The van der Waals surface area contributed by atoms with E-state index in [2.05, 4.69) is 30.5 Å². The molecule has 1 aromatic carbocycles. The number of aliphatic carboxylic acids is 2. The summed E-state index contributed by atoms with van der Waals surface area (Å²) >= 11 is 5.12. The quantitative estimate of drug-likeness (QED) is 0.0893. The Balaban J connectivity index is 0.000000652. The van der Waals surface area contributed by atoms with E-state index in [4.69, 9.17) is 46.6 Å². The Morgan fingerprint density at radius 1 is 1.10 bits per heavy atom. The number of rotatable bonds is 14. The van der Waals surface area contributed by atoms with Crippen LogP contribution >= 0.6 is 27.7 Å². The van der Waals surface area contributed by atoms with Crippen molar-refractivity contribution in [3.63, 3.8) is 0 Å². The van der Waals surface area contributed by atoms with Crippen LogP contribution in [0.3, 0.4) is 0 Å². The number of amides is 1. The van der Waals surface area contributed by atoms with Gasteiger partial charge in [0, 0.05) is 41.2 Å². The van der Waals surface area contributed by atoms with Crippen molar-refractivity contribution in [3.8, 4) is 11.5 Å². The largest absolute Gasteiger partial charge is 0.478 e. The average molecular weight is 794 g/mol. The van der Waals surface area contributed by atoms with Crippen molar-refractivity contribution in [3.05, 3.63) is 35.1 Å². The summed E-state index contributed by atoms with van der Waals surface area (Å²) < 4.78 is 19.4. The predicted molar refractivity (Wildman–Crippen MR) is 189 cm³/mol. The summed E-state index contributed by atoms with van der Waals surface area (Å²) in [5.74, 6) is -1.16. The molecule has 8 N–H and O–H groups in total. The van der Waals surface area contributed by atoms with E-state index in [1.54, 1.807) is 11.8 Å². The molecule has 51 heavy (non-hydrogen) atoms. The standard InChI is InChI=1S/C28H37BrN8O5S.C4H4O4/c1-16(42-27(39)19(31)4-2-3-8-30)26(38)36-9-5-17(6-10-36)7-11-37-25-23(24(32)33-14-34-25)35-28(37)43-22-13-21-20(12-18(22)29)40-15-41-21;5-3(6)1-2-4(7)8/h12-14,16-17,19H,2-11,15,30-31H2,1H3,(H2,32,33,34);1-2H,(H,5,6)(H,7,8)/b;2-1-/t16-,19-;/m0./s1. The molecule has 0 bridgehead atoms. The second-order valence-corrected chi connectivity index (χ2v) is 13.6. The van der Waals surface area contributed by atoms with Crippen LogP contribution in [0.4, 0.5) is 5.82 Å². The first-order valence-electron chi connectivity index (χ1n) is 16.2. The van der Waals surface area contributed by atoms with Gasteiger partial charge in [-0.25, -0.2) is 24.5 Å². The van der Waals surface area contributed by atoms with Gasteiger partial charge in [-0.1, -0.05) is 18.2 Å². The highest BCUT2D eigenvalue weighted by molar-refractivity contribution is 9.10. The Morgan fingerprint density at radius 3 is 2.41 bits per heavy atom. The number of carbonyl (C=O) groups excluding carboxylic acids is 2. The number of imidazole rings is 1. The fourth-order valence-corrected chi connectivity index (χ4v) is 6.89. The molecule has 0 unspecified atom stereocenters. The Labute approximate surface area is 306 Å². The van der Waals surface area contributed by atoms with Crippen LogP contribution in [0.1, 0.15) is 45.4 Å². The molecule has 1 saturated heterocycles. The SMILES string of the molecule is C[C@H](OC(=O)[C@@H](N)CCCCN)C(=O)N1CCC(CCn2c(Sc3cc4c(cc3Br)OCO4)nc3c(N)ncnc32)CC1.O=C(O)/C=C\C(=O)O. The number of carboxylic acid groups (broad SMARTS) is 2. The van der Waals surface area contributed by atoms with E-state index in [-0.39, 0.29) is 12.7 Å². The number of nitrogens with zero attached hydrogens (tertiary/aromatic N) is 5. The number of carbonyl (C=O) groups is 4. The summed E-state index contributed by atoms with van der Waals surface area (Å²) in [5.41, 5.74) is 18.8. The number of piperidine rings is 1. The molecule has 1 fully saturated rings. The van der Waals surface area contributed by atoms with Crippen molar-refractivity contribution >= 4 is 68.5 Å². The number of esters is 1. The minimum atomic E-state index is -1.26. The van der Waals surface area contributed by atoms with E-state index in [1.807, 2.05) is 12.1 Å². The number of aryl methyl sites for hydroxylation is 1. The third-order valence-electron chi connectivity index (χ3n) is 8.12. The zero-order chi connectivity index (χ0) is 37.1. The van der Waals surface area contributed by atoms with Crippen molar-refractivity contribution in [1.29, 1.82) is 0 Å². The highest BCUT2D eigenvalue weighted by Crippen LogP contribution is 2.43. The number of hydrogen-bond acceptors (Lipinski definition) is 14. The maximum absolute atomic E-state index is 13.0. The molecule has 0 radical (unpaired) electrons. The molecule has 2 aliphatic heterocycles. The Bertz CT molecular complexity index is 1730. The van der Waals surface area contributed by atoms with Gasteiger partial charge < -0.3 is 51.1 Å². The lowest BCUT2D eigenvalue weighted by atomic mass is 9.93. The van der Waals surface area contributed by atoms with Gasteiger partial charge in [-0.2, -0.15) is 0 Å². The first kappa shape index (κ1) is 39.3. The molecule has 5 rings (SSSR count). The van der Waals surface area contributed by atoms with Gasteiger partial charge in [-0.15, -0.1) is 0 Å². The van der Waals surface area contributed by atoms with Crippen molar-refractivity contribution in [2.45, 2.75) is 74.2 Å². The van der Waals surface area contributed by atoms with E-state index in [0.29, 0.717) is 79.2 Å². The van der Waals surface area contributed by atoms with Crippen molar-refractivity contribution in [1.82, 2.24) is 24.4 Å². The number of anilines is 1. The second-order valence-electron chi connectivity index (χ2n) is 11.8. The van der Waals surface area contributed by atoms with Gasteiger partial charge in [0.15, 0.2) is 39.7 Å². The van der Waals surface area contributed by atoms with Gasteiger partial charge in [-0.3, -0.25) is 9.59 Å². The lowest BCUT2D eigenvalue weighted by molar-refractivity contribution is -0.161. The van der Waals surface area contributed by atoms with Gasteiger partial charge in [0.05, 0.1) is 0 Å². The average Bonchev–Trinajstić information content (AvgIpc) is 3.71. The highest BCUT2D eigenvalue weighted by atomic mass is 79.9. The molecule has 19 heteroatoms. The normalized spacial score (nSPS) is 15.3. The maximum atomic E-state index is 13.0. The maximum Gasteiger partial charge on any atom is 0.328 e. The molecule has 0 spiro atoms. The molecule has 2 atom stereocenters. The molecule has 2 aliphatic rings. The van der Waals surface area contributed by atoms with Crippen molar-refractivity contribution < 1.29 is 43.6 Å². The number of nitrogen functional groups attached to an aromatic ring is 1. The zero-order valence-corrected chi connectivity index (χ0v) is 30.3. The van der Waals surface area contributed by atoms with Gasteiger partial charge in [0.25, 0.3) is 5.91 Å². The summed E-state index contributed by atoms with van der Waals surface area (Å²) in [7, 11) is 0. The number of nitrogens with two attached hydrogens (primary N) is 3. The van der Waals surface area contributed by atoms with Crippen LogP contribution in [-0.4, -0.2) is 97.0 Å². The molecule has 17 nitrogen and oxygen atoms in total. The molecule has 4 heterocycles. The summed E-state index contributed by atoms with van der Waals surface area (Å²) in [6.07, 6.45) is 6.26.